The standard InChI is InChI=1S/C23H23N5O4/c1-15-13-19(28(26-15)17-7-5-4-6-8-17)24-20(29)14-27-21(30)23(2,25-22(27)31)16-9-11-18(32-3)12-10-16/h4-13H,14H2,1-3H3,(H,24,29)(H,25,31)/t23-/m0/s1. The van der Waals surface area contributed by atoms with Gasteiger partial charge >= 0.3 is 6.03 Å². The zero-order valence-corrected chi connectivity index (χ0v) is 18.0. The summed E-state index contributed by atoms with van der Waals surface area (Å²) in [6, 6.07) is 17.3. The molecular formula is C23H23N5O4. The number of urea groups is 1. The number of nitrogens with zero attached hydrogens (tertiary/aromatic N) is 3. The van der Waals surface area contributed by atoms with E-state index in [-0.39, 0.29) is 0 Å². The number of amides is 4. The second-order valence-electron chi connectivity index (χ2n) is 7.64. The summed E-state index contributed by atoms with van der Waals surface area (Å²) in [5.41, 5.74) is 0.813. The molecule has 1 atom stereocenters. The van der Waals surface area contributed by atoms with Crippen molar-refractivity contribution in [1.29, 1.82) is 0 Å². The van der Waals surface area contributed by atoms with Crippen molar-refractivity contribution in [2.45, 2.75) is 19.4 Å². The Morgan fingerprint density at radius 1 is 1.12 bits per heavy atom. The summed E-state index contributed by atoms with van der Waals surface area (Å²) in [6.07, 6.45) is 0. The van der Waals surface area contributed by atoms with Gasteiger partial charge in [0.15, 0.2) is 0 Å². The van der Waals surface area contributed by atoms with Crippen molar-refractivity contribution in [2.75, 3.05) is 19.0 Å². The fourth-order valence-electron chi connectivity index (χ4n) is 3.64. The molecule has 2 heterocycles. The van der Waals surface area contributed by atoms with E-state index in [2.05, 4.69) is 15.7 Å². The Bertz CT molecular complexity index is 1170. The Hall–Kier alpha value is -4.14. The normalized spacial score (nSPS) is 17.9. The molecule has 2 aromatic carbocycles. The minimum Gasteiger partial charge on any atom is -0.497 e. The number of anilines is 1. The van der Waals surface area contributed by atoms with Crippen molar-refractivity contribution in [1.82, 2.24) is 20.0 Å². The molecule has 0 aliphatic carbocycles. The van der Waals surface area contributed by atoms with E-state index in [4.69, 9.17) is 4.74 Å². The number of aromatic nitrogens is 2. The number of methoxy groups -OCH3 is 1. The van der Waals surface area contributed by atoms with Crippen LogP contribution in [0, 0.1) is 6.92 Å². The van der Waals surface area contributed by atoms with E-state index in [1.54, 1.807) is 49.0 Å². The van der Waals surface area contributed by atoms with Gasteiger partial charge in [0.25, 0.3) is 5.91 Å². The topological polar surface area (TPSA) is 106 Å². The maximum Gasteiger partial charge on any atom is 0.325 e. The zero-order valence-electron chi connectivity index (χ0n) is 18.0. The van der Waals surface area contributed by atoms with Gasteiger partial charge < -0.3 is 15.4 Å². The van der Waals surface area contributed by atoms with Crippen molar-refractivity contribution in [3.63, 3.8) is 0 Å². The Balaban J connectivity index is 1.51. The molecule has 1 aromatic heterocycles. The van der Waals surface area contributed by atoms with Crippen LogP contribution in [-0.4, -0.2) is 46.2 Å². The quantitative estimate of drug-likeness (QED) is 0.582. The number of para-hydroxylation sites is 1. The van der Waals surface area contributed by atoms with Gasteiger partial charge in [-0.3, -0.25) is 14.5 Å². The first-order valence-corrected chi connectivity index (χ1v) is 10.0. The first-order chi connectivity index (χ1) is 15.3. The summed E-state index contributed by atoms with van der Waals surface area (Å²) in [7, 11) is 1.55. The van der Waals surface area contributed by atoms with E-state index in [0.29, 0.717) is 22.8 Å². The smallest absolute Gasteiger partial charge is 0.325 e. The molecule has 9 nitrogen and oxygen atoms in total. The van der Waals surface area contributed by atoms with Crippen LogP contribution in [0.5, 0.6) is 5.75 Å². The van der Waals surface area contributed by atoms with Crippen LogP contribution in [0.25, 0.3) is 5.69 Å². The van der Waals surface area contributed by atoms with E-state index in [1.807, 2.05) is 37.3 Å². The van der Waals surface area contributed by atoms with Gasteiger partial charge in [-0.05, 0) is 43.7 Å². The number of nitrogens with one attached hydrogen (secondary N) is 2. The third kappa shape index (κ3) is 3.80. The Morgan fingerprint density at radius 3 is 2.47 bits per heavy atom. The van der Waals surface area contributed by atoms with Crippen molar-refractivity contribution in [2.24, 2.45) is 0 Å². The van der Waals surface area contributed by atoms with Crippen LogP contribution in [0.1, 0.15) is 18.2 Å². The van der Waals surface area contributed by atoms with Crippen LogP contribution in [0.4, 0.5) is 10.6 Å². The summed E-state index contributed by atoms with van der Waals surface area (Å²) >= 11 is 0. The molecule has 1 saturated heterocycles. The number of carbonyl (C=O) groups is 3. The van der Waals surface area contributed by atoms with Gasteiger partial charge in [-0.15, -0.1) is 0 Å². The number of hydrogen-bond acceptors (Lipinski definition) is 5. The molecule has 1 aliphatic rings. The zero-order chi connectivity index (χ0) is 22.9. The van der Waals surface area contributed by atoms with Crippen LogP contribution >= 0.6 is 0 Å². The number of rotatable bonds is 6. The fourth-order valence-corrected chi connectivity index (χ4v) is 3.64. The first-order valence-electron chi connectivity index (χ1n) is 10.0. The van der Waals surface area contributed by atoms with Crippen molar-refractivity contribution < 1.29 is 19.1 Å². The van der Waals surface area contributed by atoms with E-state index in [1.165, 1.54) is 0 Å². The van der Waals surface area contributed by atoms with E-state index < -0.39 is 29.9 Å². The number of imide groups is 1. The number of aryl methyl sites for hydroxylation is 1. The van der Waals surface area contributed by atoms with Crippen LogP contribution < -0.4 is 15.4 Å². The molecule has 4 rings (SSSR count). The molecular weight excluding hydrogens is 410 g/mol. The van der Waals surface area contributed by atoms with Crippen molar-refractivity contribution in [3.8, 4) is 11.4 Å². The van der Waals surface area contributed by atoms with Crippen LogP contribution in [0.2, 0.25) is 0 Å². The largest absolute Gasteiger partial charge is 0.497 e. The molecule has 3 aromatic rings. The Morgan fingerprint density at radius 2 is 1.81 bits per heavy atom. The summed E-state index contributed by atoms with van der Waals surface area (Å²) in [4.78, 5) is 39.3. The van der Waals surface area contributed by atoms with Gasteiger partial charge in [0.2, 0.25) is 5.91 Å². The molecule has 1 aliphatic heterocycles. The second-order valence-corrected chi connectivity index (χ2v) is 7.64. The van der Waals surface area contributed by atoms with E-state index >= 15 is 0 Å². The van der Waals surface area contributed by atoms with Gasteiger partial charge in [0.05, 0.1) is 18.5 Å². The van der Waals surface area contributed by atoms with E-state index in [0.717, 1.165) is 10.6 Å². The minimum atomic E-state index is -1.27. The average molecular weight is 433 g/mol. The lowest BCUT2D eigenvalue weighted by atomic mass is 9.92. The van der Waals surface area contributed by atoms with Crippen LogP contribution in [0.3, 0.4) is 0 Å². The summed E-state index contributed by atoms with van der Waals surface area (Å²) < 4.78 is 6.74. The molecule has 2 N–H and O–H groups in total. The maximum atomic E-state index is 13.1. The fraction of sp³-hybridized carbons (Fsp3) is 0.217. The lowest BCUT2D eigenvalue weighted by Gasteiger charge is -2.22. The third-order valence-electron chi connectivity index (χ3n) is 5.34. The highest BCUT2D eigenvalue weighted by atomic mass is 16.5. The number of ether oxygens (including phenoxy) is 1. The summed E-state index contributed by atoms with van der Waals surface area (Å²) in [5.74, 6) is 0.0690. The van der Waals surface area contributed by atoms with Crippen molar-refractivity contribution in [3.05, 3.63) is 71.9 Å². The predicted molar refractivity (Wildman–Crippen MR) is 118 cm³/mol. The molecule has 0 spiro atoms. The minimum absolute atomic E-state index is 0.421. The van der Waals surface area contributed by atoms with E-state index in [9.17, 15) is 14.4 Å². The van der Waals surface area contributed by atoms with Gasteiger partial charge in [-0.2, -0.15) is 5.10 Å². The third-order valence-corrected chi connectivity index (χ3v) is 5.34. The Kier molecular flexibility index (Phi) is 5.40. The molecule has 9 heteroatoms. The predicted octanol–water partition coefficient (Wildman–Crippen LogP) is 2.60. The number of benzene rings is 2. The molecule has 0 bridgehead atoms. The molecule has 0 radical (unpaired) electrons. The summed E-state index contributed by atoms with van der Waals surface area (Å²) in [6.45, 7) is 3.00. The Labute approximate surface area is 185 Å². The number of carbonyl (C=O) groups excluding carboxylic acids is 3. The van der Waals surface area contributed by atoms with Crippen LogP contribution in [-0.2, 0) is 15.1 Å². The van der Waals surface area contributed by atoms with Crippen molar-refractivity contribution >= 4 is 23.7 Å². The SMILES string of the molecule is COc1ccc([C@]2(C)NC(=O)N(CC(=O)Nc3cc(C)nn3-c3ccccc3)C2=O)cc1. The monoisotopic (exact) mass is 433 g/mol. The molecule has 32 heavy (non-hydrogen) atoms. The van der Waals surface area contributed by atoms with Crippen LogP contribution in [0.15, 0.2) is 60.7 Å². The van der Waals surface area contributed by atoms with Gasteiger partial charge in [0.1, 0.15) is 23.7 Å². The molecule has 0 unspecified atom stereocenters. The maximum absolute atomic E-state index is 13.1. The average Bonchev–Trinajstić information content (AvgIpc) is 3.26. The first kappa shape index (κ1) is 21.1. The van der Waals surface area contributed by atoms with Gasteiger partial charge in [-0.1, -0.05) is 30.3 Å². The highest BCUT2D eigenvalue weighted by Crippen LogP contribution is 2.30. The summed E-state index contributed by atoms with van der Waals surface area (Å²) in [5, 5.41) is 9.85. The molecule has 1 fully saturated rings. The second kappa shape index (κ2) is 8.18. The highest BCUT2D eigenvalue weighted by Gasteiger charge is 2.49. The van der Waals surface area contributed by atoms with Gasteiger partial charge in [0, 0.05) is 6.07 Å². The number of hydrogen-bond donors (Lipinski definition) is 2. The molecule has 4 amide bonds. The lowest BCUT2D eigenvalue weighted by Crippen LogP contribution is -2.42. The van der Waals surface area contributed by atoms with Gasteiger partial charge in [-0.25, -0.2) is 9.48 Å². The lowest BCUT2D eigenvalue weighted by molar-refractivity contribution is -0.133. The molecule has 0 saturated carbocycles. The highest BCUT2D eigenvalue weighted by molar-refractivity contribution is 6.10. The molecule has 164 valence electrons.